The number of hydrogen-bond acceptors (Lipinski definition) is 7. The lowest BCUT2D eigenvalue weighted by molar-refractivity contribution is -0.151. The smallest absolute Gasteiger partial charge is 0.411 e. The fourth-order valence-electron chi connectivity index (χ4n) is 4.80. The number of nitrogens with zero attached hydrogens (tertiary/aromatic N) is 3. The van der Waals surface area contributed by atoms with Crippen molar-refractivity contribution in [2.24, 2.45) is 0 Å². The highest BCUT2D eigenvalue weighted by Crippen LogP contribution is 2.47. The summed E-state index contributed by atoms with van der Waals surface area (Å²) in [5.74, 6) is -2.44. The van der Waals surface area contributed by atoms with E-state index in [1.54, 1.807) is 6.92 Å². The van der Waals surface area contributed by atoms with Gasteiger partial charge in [0.25, 0.3) is 5.91 Å². The number of ether oxygens (including phenoxy) is 1. The van der Waals surface area contributed by atoms with Crippen molar-refractivity contribution in [1.82, 2.24) is 20.0 Å². The zero-order chi connectivity index (χ0) is 26.9. The zero-order valence-electron chi connectivity index (χ0n) is 20.6. The number of fused-ring (bicyclic) bond motifs is 3. The Labute approximate surface area is 213 Å². The minimum absolute atomic E-state index is 0.270. The predicted octanol–water partition coefficient (Wildman–Crippen LogP) is 1.70. The van der Waals surface area contributed by atoms with E-state index in [-0.39, 0.29) is 5.57 Å². The molecule has 1 heterocycles. The summed E-state index contributed by atoms with van der Waals surface area (Å²) >= 11 is 0. The van der Waals surface area contributed by atoms with Gasteiger partial charge in [0.2, 0.25) is 12.3 Å². The van der Waals surface area contributed by atoms with Crippen LogP contribution in [0, 0.1) is 0 Å². The summed E-state index contributed by atoms with van der Waals surface area (Å²) in [4.78, 5) is 53.8. The number of amides is 3. The van der Waals surface area contributed by atoms with Crippen LogP contribution in [0.1, 0.15) is 31.0 Å². The Kier molecular flexibility index (Phi) is 7.16. The molecule has 11 nitrogen and oxygen atoms in total. The van der Waals surface area contributed by atoms with E-state index in [1.165, 1.54) is 30.0 Å². The molecule has 0 radical (unpaired) electrons. The minimum Gasteiger partial charge on any atom is -0.480 e. The van der Waals surface area contributed by atoms with Crippen LogP contribution < -0.4 is 5.32 Å². The number of hydrogen-bond donors (Lipinski definition) is 3. The normalized spacial score (nSPS) is 17.2. The summed E-state index contributed by atoms with van der Waals surface area (Å²) in [5, 5.41) is 22.1. The highest BCUT2D eigenvalue weighted by Gasteiger charge is 2.41. The van der Waals surface area contributed by atoms with Crippen molar-refractivity contribution in [2.75, 3.05) is 20.2 Å². The SMILES string of the molecule is COC(=O)N(C1c2ccccc2-c2ccccc21)C(C)N(CC(=O)O)C(=O)CN1C=C(C)C(=O)NC1O. The highest BCUT2D eigenvalue weighted by atomic mass is 16.5. The predicted molar refractivity (Wildman–Crippen MR) is 131 cm³/mol. The van der Waals surface area contributed by atoms with E-state index in [9.17, 15) is 29.4 Å². The third kappa shape index (κ3) is 4.85. The molecule has 2 aliphatic rings. The molecule has 2 aromatic rings. The first kappa shape index (κ1) is 25.7. The summed E-state index contributed by atoms with van der Waals surface area (Å²) in [6.45, 7) is 1.92. The maximum absolute atomic E-state index is 13.4. The fourth-order valence-corrected chi connectivity index (χ4v) is 4.80. The molecule has 1 aliphatic heterocycles. The van der Waals surface area contributed by atoms with E-state index in [1.807, 2.05) is 48.5 Å². The van der Waals surface area contributed by atoms with E-state index in [0.717, 1.165) is 27.2 Å². The number of rotatable bonds is 7. The topological polar surface area (TPSA) is 140 Å². The van der Waals surface area contributed by atoms with Gasteiger partial charge in [0, 0.05) is 11.8 Å². The molecule has 0 spiro atoms. The van der Waals surface area contributed by atoms with Crippen LogP contribution in [0.5, 0.6) is 0 Å². The van der Waals surface area contributed by atoms with Gasteiger partial charge < -0.3 is 30.1 Å². The van der Waals surface area contributed by atoms with Gasteiger partial charge in [-0.1, -0.05) is 48.5 Å². The Morgan fingerprint density at radius 3 is 2.19 bits per heavy atom. The van der Waals surface area contributed by atoms with Gasteiger partial charge in [0.05, 0.1) is 13.2 Å². The molecule has 37 heavy (non-hydrogen) atoms. The molecule has 3 N–H and O–H groups in total. The fraction of sp³-hybridized carbons (Fsp3) is 0.308. The molecule has 2 atom stereocenters. The quantitative estimate of drug-likeness (QED) is 0.480. The number of nitrogens with one attached hydrogen (secondary N) is 1. The molecule has 4 rings (SSSR count). The largest absolute Gasteiger partial charge is 0.480 e. The van der Waals surface area contributed by atoms with Crippen LogP contribution >= 0.6 is 0 Å². The molecule has 2 aromatic carbocycles. The molecule has 0 saturated heterocycles. The van der Waals surface area contributed by atoms with Gasteiger partial charge in [-0.2, -0.15) is 0 Å². The number of carbonyl (C=O) groups excluding carboxylic acids is 3. The third-order valence-corrected chi connectivity index (χ3v) is 6.55. The number of benzene rings is 2. The van der Waals surface area contributed by atoms with Crippen LogP contribution in [0.2, 0.25) is 0 Å². The maximum Gasteiger partial charge on any atom is 0.411 e. The van der Waals surface area contributed by atoms with Gasteiger partial charge in [-0.15, -0.1) is 0 Å². The number of aliphatic carboxylic acids is 1. The molecular formula is C26H28N4O7. The first-order chi connectivity index (χ1) is 17.6. The van der Waals surface area contributed by atoms with Gasteiger partial charge in [0.15, 0.2) is 0 Å². The molecular weight excluding hydrogens is 480 g/mol. The second kappa shape index (κ2) is 10.3. The van der Waals surface area contributed by atoms with E-state index < -0.39 is 55.5 Å². The molecule has 0 aromatic heterocycles. The van der Waals surface area contributed by atoms with Crippen molar-refractivity contribution in [3.8, 4) is 11.1 Å². The lowest BCUT2D eigenvalue weighted by Gasteiger charge is -2.41. The van der Waals surface area contributed by atoms with E-state index >= 15 is 0 Å². The zero-order valence-corrected chi connectivity index (χ0v) is 20.6. The Hall–Kier alpha value is -4.38. The van der Waals surface area contributed by atoms with Gasteiger partial charge in [-0.25, -0.2) is 4.79 Å². The highest BCUT2D eigenvalue weighted by molar-refractivity contribution is 5.93. The van der Waals surface area contributed by atoms with Crippen molar-refractivity contribution >= 4 is 23.9 Å². The monoisotopic (exact) mass is 508 g/mol. The minimum atomic E-state index is -1.47. The number of methoxy groups -OCH3 is 1. The molecule has 11 heteroatoms. The van der Waals surface area contributed by atoms with Crippen molar-refractivity contribution in [1.29, 1.82) is 0 Å². The Balaban J connectivity index is 1.72. The number of carbonyl (C=O) groups is 4. The van der Waals surface area contributed by atoms with Gasteiger partial charge in [-0.3, -0.25) is 19.3 Å². The summed E-state index contributed by atoms with van der Waals surface area (Å²) in [6.07, 6.45) is -1.94. The summed E-state index contributed by atoms with van der Waals surface area (Å²) < 4.78 is 5.10. The molecule has 2 unspecified atom stereocenters. The van der Waals surface area contributed by atoms with Gasteiger partial charge in [0.1, 0.15) is 19.3 Å². The Morgan fingerprint density at radius 2 is 1.65 bits per heavy atom. The summed E-state index contributed by atoms with van der Waals surface area (Å²) in [7, 11) is 1.22. The number of aliphatic hydroxyl groups excluding tert-OH is 1. The number of carboxylic acid groups (broad SMARTS) is 1. The van der Waals surface area contributed by atoms with Crippen molar-refractivity contribution in [2.45, 2.75) is 32.4 Å². The molecule has 0 fully saturated rings. The second-order valence-electron chi connectivity index (χ2n) is 8.83. The van der Waals surface area contributed by atoms with Crippen molar-refractivity contribution < 1.29 is 34.1 Å². The summed E-state index contributed by atoms with van der Waals surface area (Å²) in [6, 6.07) is 14.5. The Bertz CT molecular complexity index is 1230. The molecule has 0 saturated carbocycles. The lowest BCUT2D eigenvalue weighted by Crippen LogP contribution is -2.58. The first-order valence-corrected chi connectivity index (χ1v) is 11.6. The lowest BCUT2D eigenvalue weighted by atomic mass is 10.0. The van der Waals surface area contributed by atoms with Crippen LogP contribution in [-0.4, -0.2) is 81.5 Å². The van der Waals surface area contributed by atoms with Gasteiger partial charge in [-0.05, 0) is 36.1 Å². The van der Waals surface area contributed by atoms with Crippen molar-refractivity contribution in [3.63, 3.8) is 0 Å². The first-order valence-electron chi connectivity index (χ1n) is 11.6. The Morgan fingerprint density at radius 1 is 1.08 bits per heavy atom. The van der Waals surface area contributed by atoms with Crippen LogP contribution in [0.15, 0.2) is 60.3 Å². The third-order valence-electron chi connectivity index (χ3n) is 6.55. The van der Waals surface area contributed by atoms with E-state index in [0.29, 0.717) is 0 Å². The maximum atomic E-state index is 13.4. The van der Waals surface area contributed by atoms with Crippen LogP contribution in [-0.2, 0) is 19.1 Å². The molecule has 0 bridgehead atoms. The molecule has 1 aliphatic carbocycles. The van der Waals surface area contributed by atoms with E-state index in [2.05, 4.69) is 5.32 Å². The number of carboxylic acids is 1. The van der Waals surface area contributed by atoms with Crippen LogP contribution in [0.3, 0.4) is 0 Å². The molecule has 3 amide bonds. The van der Waals surface area contributed by atoms with Crippen molar-refractivity contribution in [3.05, 3.63) is 71.4 Å². The second-order valence-corrected chi connectivity index (χ2v) is 8.83. The number of aliphatic hydroxyl groups is 1. The van der Waals surface area contributed by atoms with E-state index in [4.69, 9.17) is 4.74 Å². The molecule has 194 valence electrons. The standard InChI is InChI=1S/C26H28N4O7/c1-15-12-28(25(35)27-24(15)34)13-21(31)29(14-22(32)33)16(2)30(26(36)37-3)23-19-10-6-4-8-17(19)18-9-5-7-11-20(18)23/h4-12,16,23,25,35H,13-14H2,1-3H3,(H,27,34)(H,32,33). The van der Waals surface area contributed by atoms with Crippen LogP contribution in [0.25, 0.3) is 11.1 Å². The summed E-state index contributed by atoms with van der Waals surface area (Å²) in [5.41, 5.74) is 3.75. The van der Waals surface area contributed by atoms with Crippen LogP contribution in [0.4, 0.5) is 4.79 Å². The average molecular weight is 509 g/mol. The van der Waals surface area contributed by atoms with Gasteiger partial charge >= 0.3 is 12.1 Å². The average Bonchev–Trinajstić information content (AvgIpc) is 3.20.